The van der Waals surface area contributed by atoms with Crippen molar-refractivity contribution in [3.8, 4) is 0 Å². The average molecular weight is 213 g/mol. The van der Waals surface area contributed by atoms with Crippen LogP contribution >= 0.6 is 0 Å². The van der Waals surface area contributed by atoms with E-state index in [9.17, 15) is 9.59 Å². The van der Waals surface area contributed by atoms with Gasteiger partial charge in [-0.2, -0.15) is 0 Å². The highest BCUT2D eigenvalue weighted by Crippen LogP contribution is 2.26. The maximum absolute atomic E-state index is 12.0. The van der Waals surface area contributed by atoms with Gasteiger partial charge in [0, 0.05) is 24.9 Å². The summed E-state index contributed by atoms with van der Waals surface area (Å²) in [5.74, 6) is -0.267. The number of imide groups is 1. The number of ether oxygens (including phenoxy) is 1. The summed E-state index contributed by atoms with van der Waals surface area (Å²) in [5.41, 5.74) is -0.532. The molecule has 1 heterocycles. The molecule has 1 unspecified atom stereocenters. The molecule has 1 rings (SSSR count). The van der Waals surface area contributed by atoms with E-state index in [1.807, 2.05) is 27.7 Å². The van der Waals surface area contributed by atoms with E-state index in [1.54, 1.807) is 0 Å². The third-order valence-electron chi connectivity index (χ3n) is 2.38. The molecule has 0 radical (unpaired) electrons. The second-order valence-electron chi connectivity index (χ2n) is 4.77. The van der Waals surface area contributed by atoms with Crippen LogP contribution in [-0.2, 0) is 14.3 Å². The van der Waals surface area contributed by atoms with Crippen molar-refractivity contribution < 1.29 is 14.3 Å². The number of carbonyl (C=O) groups is 2. The molecule has 86 valence electrons. The fourth-order valence-electron chi connectivity index (χ4n) is 1.61. The van der Waals surface area contributed by atoms with Gasteiger partial charge in [0.25, 0.3) is 0 Å². The van der Waals surface area contributed by atoms with Crippen molar-refractivity contribution in [3.63, 3.8) is 0 Å². The highest BCUT2D eigenvalue weighted by Gasteiger charge is 2.40. The van der Waals surface area contributed by atoms with Crippen molar-refractivity contribution in [2.75, 3.05) is 6.61 Å². The molecule has 0 aliphatic carbocycles. The van der Waals surface area contributed by atoms with Crippen molar-refractivity contribution in [3.05, 3.63) is 0 Å². The first kappa shape index (κ1) is 12.2. The second-order valence-corrected chi connectivity index (χ2v) is 4.77. The number of likely N-dealkylation sites (tertiary alicyclic amines) is 1. The Morgan fingerprint density at radius 1 is 1.53 bits per heavy atom. The maximum atomic E-state index is 12.0. The van der Waals surface area contributed by atoms with Crippen molar-refractivity contribution in [2.24, 2.45) is 5.41 Å². The molecule has 2 amide bonds. The van der Waals surface area contributed by atoms with Crippen LogP contribution in [0.5, 0.6) is 0 Å². The lowest BCUT2D eigenvalue weighted by Crippen LogP contribution is -2.45. The summed E-state index contributed by atoms with van der Waals surface area (Å²) in [7, 11) is 0. The summed E-state index contributed by atoms with van der Waals surface area (Å²) in [4.78, 5) is 24.8. The van der Waals surface area contributed by atoms with E-state index in [1.165, 1.54) is 4.90 Å². The van der Waals surface area contributed by atoms with Crippen molar-refractivity contribution in [2.45, 2.75) is 46.8 Å². The SMILES string of the molecule is CCOC1CCC(=O)N1C(=O)C(C)(C)C. The minimum absolute atomic E-state index is 0.117. The van der Waals surface area contributed by atoms with Crippen molar-refractivity contribution in [1.29, 1.82) is 0 Å². The third kappa shape index (κ3) is 2.56. The molecule has 0 spiro atoms. The standard InChI is InChI=1S/C11H19NO3/c1-5-15-9-7-6-8(13)12(9)10(14)11(2,3)4/h9H,5-7H2,1-4H3. The van der Waals surface area contributed by atoms with Gasteiger partial charge in [-0.1, -0.05) is 20.8 Å². The molecule has 0 aromatic rings. The maximum Gasteiger partial charge on any atom is 0.236 e. The fraction of sp³-hybridized carbons (Fsp3) is 0.818. The van der Waals surface area contributed by atoms with E-state index in [4.69, 9.17) is 4.74 Å². The first-order valence-electron chi connectivity index (χ1n) is 5.36. The third-order valence-corrected chi connectivity index (χ3v) is 2.38. The van der Waals surface area contributed by atoms with E-state index in [-0.39, 0.29) is 18.0 Å². The van der Waals surface area contributed by atoms with Gasteiger partial charge in [-0.15, -0.1) is 0 Å². The van der Waals surface area contributed by atoms with Crippen LogP contribution in [0.15, 0.2) is 0 Å². The molecule has 1 aliphatic heterocycles. The molecular formula is C11H19NO3. The Morgan fingerprint density at radius 3 is 2.60 bits per heavy atom. The largest absolute Gasteiger partial charge is 0.358 e. The highest BCUT2D eigenvalue weighted by molar-refractivity contribution is 5.99. The van der Waals surface area contributed by atoms with Gasteiger partial charge >= 0.3 is 0 Å². The number of amides is 2. The molecule has 0 aromatic carbocycles. The quantitative estimate of drug-likeness (QED) is 0.699. The molecule has 0 saturated carbocycles. The summed E-state index contributed by atoms with van der Waals surface area (Å²) < 4.78 is 5.39. The van der Waals surface area contributed by atoms with Crippen LogP contribution in [0.2, 0.25) is 0 Å². The van der Waals surface area contributed by atoms with E-state index >= 15 is 0 Å². The van der Waals surface area contributed by atoms with E-state index in [0.29, 0.717) is 19.4 Å². The van der Waals surface area contributed by atoms with Crippen LogP contribution in [0, 0.1) is 5.41 Å². The highest BCUT2D eigenvalue weighted by atomic mass is 16.5. The molecule has 15 heavy (non-hydrogen) atoms. The number of nitrogens with zero attached hydrogens (tertiary/aromatic N) is 1. The lowest BCUT2D eigenvalue weighted by Gasteiger charge is -2.28. The Morgan fingerprint density at radius 2 is 2.13 bits per heavy atom. The number of carbonyl (C=O) groups excluding carboxylic acids is 2. The fourth-order valence-corrected chi connectivity index (χ4v) is 1.61. The topological polar surface area (TPSA) is 46.6 Å². The molecule has 0 N–H and O–H groups in total. The van der Waals surface area contributed by atoms with Gasteiger partial charge in [0.15, 0.2) is 0 Å². The molecule has 4 heteroatoms. The normalized spacial score (nSPS) is 22.3. The Labute approximate surface area is 90.6 Å². The zero-order valence-electron chi connectivity index (χ0n) is 9.87. The van der Waals surface area contributed by atoms with E-state index in [2.05, 4.69) is 0 Å². The first-order chi connectivity index (χ1) is 6.88. The number of hydrogen-bond acceptors (Lipinski definition) is 3. The Kier molecular flexibility index (Phi) is 3.50. The van der Waals surface area contributed by atoms with E-state index < -0.39 is 5.41 Å². The minimum Gasteiger partial charge on any atom is -0.358 e. The van der Waals surface area contributed by atoms with Gasteiger partial charge in [0.2, 0.25) is 11.8 Å². The number of hydrogen-bond donors (Lipinski definition) is 0. The van der Waals surface area contributed by atoms with Crippen LogP contribution in [0.25, 0.3) is 0 Å². The van der Waals surface area contributed by atoms with Crippen molar-refractivity contribution in [1.82, 2.24) is 4.90 Å². The second kappa shape index (κ2) is 4.31. The number of rotatable bonds is 2. The summed E-state index contributed by atoms with van der Waals surface area (Å²) in [6, 6.07) is 0. The molecule has 1 fully saturated rings. The predicted octanol–water partition coefficient (Wildman–Crippen LogP) is 1.54. The Balaban J connectivity index is 2.81. The van der Waals surface area contributed by atoms with Gasteiger partial charge < -0.3 is 4.74 Å². The monoisotopic (exact) mass is 213 g/mol. The van der Waals surface area contributed by atoms with Crippen LogP contribution < -0.4 is 0 Å². The average Bonchev–Trinajstić information content (AvgIpc) is 2.45. The van der Waals surface area contributed by atoms with E-state index in [0.717, 1.165) is 0 Å². The van der Waals surface area contributed by atoms with Gasteiger partial charge in [-0.05, 0) is 6.92 Å². The lowest BCUT2D eigenvalue weighted by atomic mass is 9.95. The van der Waals surface area contributed by atoms with Gasteiger partial charge in [0.1, 0.15) is 6.23 Å². The molecule has 0 bridgehead atoms. The molecular weight excluding hydrogens is 194 g/mol. The zero-order chi connectivity index (χ0) is 11.6. The van der Waals surface area contributed by atoms with Crippen LogP contribution in [0.1, 0.15) is 40.5 Å². The van der Waals surface area contributed by atoms with Crippen LogP contribution in [0.3, 0.4) is 0 Å². The predicted molar refractivity (Wildman–Crippen MR) is 56.0 cm³/mol. The molecule has 4 nitrogen and oxygen atoms in total. The van der Waals surface area contributed by atoms with Crippen LogP contribution in [0.4, 0.5) is 0 Å². The molecule has 1 aliphatic rings. The first-order valence-corrected chi connectivity index (χ1v) is 5.36. The molecule has 0 aromatic heterocycles. The van der Waals surface area contributed by atoms with Crippen LogP contribution in [-0.4, -0.2) is 29.5 Å². The lowest BCUT2D eigenvalue weighted by molar-refractivity contribution is -0.159. The van der Waals surface area contributed by atoms with Gasteiger partial charge in [-0.3, -0.25) is 14.5 Å². The van der Waals surface area contributed by atoms with Crippen molar-refractivity contribution >= 4 is 11.8 Å². The summed E-state index contributed by atoms with van der Waals surface area (Å²) in [5, 5.41) is 0. The zero-order valence-corrected chi connectivity index (χ0v) is 9.87. The smallest absolute Gasteiger partial charge is 0.236 e. The summed E-state index contributed by atoms with van der Waals surface area (Å²) in [6.45, 7) is 7.81. The Hall–Kier alpha value is -0.900. The summed E-state index contributed by atoms with van der Waals surface area (Å²) >= 11 is 0. The minimum atomic E-state index is -0.532. The molecule has 1 saturated heterocycles. The summed E-state index contributed by atoms with van der Waals surface area (Å²) in [6.07, 6.45) is 0.676. The van der Waals surface area contributed by atoms with Gasteiger partial charge in [-0.25, -0.2) is 0 Å². The molecule has 1 atom stereocenters. The van der Waals surface area contributed by atoms with Gasteiger partial charge in [0.05, 0.1) is 0 Å². The Bertz CT molecular complexity index is 267.